The lowest BCUT2D eigenvalue weighted by Crippen LogP contribution is -2.21. The summed E-state index contributed by atoms with van der Waals surface area (Å²) in [4.78, 5) is 4.00. The summed E-state index contributed by atoms with van der Waals surface area (Å²) in [5, 5.41) is 13.6. The summed E-state index contributed by atoms with van der Waals surface area (Å²) in [5.74, 6) is -1.43. The Bertz CT molecular complexity index is 984. The number of nitrogens with zero attached hydrogens (tertiary/aromatic N) is 1. The molecule has 1 unspecified atom stereocenters. The van der Waals surface area contributed by atoms with Crippen LogP contribution in [0.25, 0.3) is 10.9 Å². The van der Waals surface area contributed by atoms with Gasteiger partial charge in [0, 0.05) is 30.2 Å². The van der Waals surface area contributed by atoms with Crippen molar-refractivity contribution in [1.82, 2.24) is 10.3 Å². The monoisotopic (exact) mass is 396 g/mol. The number of fused-ring (bicyclic) bond motifs is 1. The summed E-state index contributed by atoms with van der Waals surface area (Å²) in [7, 11) is 0. The van der Waals surface area contributed by atoms with Crippen molar-refractivity contribution in [2.24, 2.45) is 0 Å². The van der Waals surface area contributed by atoms with Gasteiger partial charge in [0.2, 0.25) is 0 Å². The fraction of sp³-hybridized carbons (Fsp3) is 0.250. The van der Waals surface area contributed by atoms with E-state index in [-0.39, 0.29) is 24.0 Å². The van der Waals surface area contributed by atoms with Gasteiger partial charge in [0.05, 0.1) is 17.2 Å². The molecule has 8 heteroatoms. The zero-order chi connectivity index (χ0) is 20.5. The zero-order valence-corrected chi connectivity index (χ0v) is 14.8. The van der Waals surface area contributed by atoms with E-state index in [1.807, 2.05) is 0 Å². The van der Waals surface area contributed by atoms with Gasteiger partial charge in [0.25, 0.3) is 0 Å². The number of rotatable bonds is 5. The molecule has 3 aromatic rings. The third kappa shape index (κ3) is 4.45. The van der Waals surface area contributed by atoms with Crippen LogP contribution in [0.2, 0.25) is 0 Å². The van der Waals surface area contributed by atoms with Crippen LogP contribution in [0.4, 0.5) is 22.0 Å². The van der Waals surface area contributed by atoms with Crippen molar-refractivity contribution in [2.45, 2.75) is 25.7 Å². The Morgan fingerprint density at radius 3 is 2.39 bits per heavy atom. The van der Waals surface area contributed by atoms with Crippen molar-refractivity contribution in [3.05, 3.63) is 76.5 Å². The van der Waals surface area contributed by atoms with Gasteiger partial charge in [0.15, 0.2) is 0 Å². The molecule has 3 rings (SSSR count). The Morgan fingerprint density at radius 1 is 1.07 bits per heavy atom. The first-order valence-electron chi connectivity index (χ1n) is 8.46. The predicted octanol–water partition coefficient (Wildman–Crippen LogP) is 4.66. The first-order chi connectivity index (χ1) is 13.1. The van der Waals surface area contributed by atoms with Crippen LogP contribution in [0.15, 0.2) is 42.5 Å². The van der Waals surface area contributed by atoms with Crippen LogP contribution in [0, 0.1) is 18.6 Å². The van der Waals surface area contributed by atoms with Gasteiger partial charge in [-0.1, -0.05) is 12.1 Å². The Kier molecular flexibility index (Phi) is 5.62. The van der Waals surface area contributed by atoms with E-state index in [4.69, 9.17) is 0 Å². The molecular formula is C20H17F5N2O. The average Bonchev–Trinajstić information content (AvgIpc) is 2.58. The van der Waals surface area contributed by atoms with Gasteiger partial charge in [0.1, 0.15) is 11.6 Å². The van der Waals surface area contributed by atoms with Crippen molar-refractivity contribution in [1.29, 1.82) is 0 Å². The van der Waals surface area contributed by atoms with Gasteiger partial charge in [-0.25, -0.2) is 8.78 Å². The van der Waals surface area contributed by atoms with Gasteiger partial charge in [-0.05, 0) is 42.3 Å². The Hall–Kier alpha value is -2.58. The number of hydrogen-bond acceptors (Lipinski definition) is 3. The molecule has 1 aromatic heterocycles. The summed E-state index contributed by atoms with van der Waals surface area (Å²) >= 11 is 0. The van der Waals surface area contributed by atoms with Crippen molar-refractivity contribution < 1.29 is 27.1 Å². The molecule has 2 aromatic carbocycles. The van der Waals surface area contributed by atoms with Crippen LogP contribution in [-0.2, 0) is 12.7 Å². The lowest BCUT2D eigenvalue weighted by atomic mass is 9.99. The van der Waals surface area contributed by atoms with Crippen LogP contribution < -0.4 is 5.32 Å². The molecule has 0 saturated carbocycles. The summed E-state index contributed by atoms with van der Waals surface area (Å²) in [6.45, 7) is 1.61. The first kappa shape index (κ1) is 20.2. The number of para-hydroxylation sites is 1. The summed E-state index contributed by atoms with van der Waals surface area (Å²) in [5.41, 5.74) is -0.113. The largest absolute Gasteiger partial charge is 0.418 e. The fourth-order valence-electron chi connectivity index (χ4n) is 3.09. The topological polar surface area (TPSA) is 45.1 Å². The molecule has 0 amide bonds. The van der Waals surface area contributed by atoms with Gasteiger partial charge in [-0.2, -0.15) is 13.2 Å². The molecule has 0 aliphatic rings. The first-order valence-corrected chi connectivity index (χ1v) is 8.46. The number of aromatic nitrogens is 1. The second kappa shape index (κ2) is 7.81. The van der Waals surface area contributed by atoms with E-state index >= 15 is 0 Å². The molecule has 3 nitrogen and oxygen atoms in total. The Balaban J connectivity index is 1.84. The molecule has 28 heavy (non-hydrogen) atoms. The Labute approximate surface area is 157 Å². The number of aliphatic hydroxyl groups is 1. The van der Waals surface area contributed by atoms with Gasteiger partial charge in [-0.15, -0.1) is 0 Å². The number of hydrogen-bond donors (Lipinski definition) is 2. The Morgan fingerprint density at radius 2 is 1.75 bits per heavy atom. The second-order valence-corrected chi connectivity index (χ2v) is 6.48. The molecule has 1 atom stereocenters. The molecule has 0 bridgehead atoms. The molecule has 2 N–H and O–H groups in total. The highest BCUT2D eigenvalue weighted by atomic mass is 19.4. The maximum atomic E-state index is 13.3. The highest BCUT2D eigenvalue weighted by molar-refractivity contribution is 5.86. The van der Waals surface area contributed by atoms with E-state index in [1.165, 1.54) is 18.2 Å². The molecule has 0 radical (unpaired) electrons. The maximum Gasteiger partial charge on any atom is 0.418 e. The highest BCUT2D eigenvalue weighted by Gasteiger charge is 2.33. The van der Waals surface area contributed by atoms with Crippen LogP contribution in [-0.4, -0.2) is 16.6 Å². The minimum Gasteiger partial charge on any atom is -0.387 e. The van der Waals surface area contributed by atoms with Crippen LogP contribution in [0.1, 0.15) is 28.5 Å². The summed E-state index contributed by atoms with van der Waals surface area (Å²) in [6, 6.07) is 8.27. The van der Waals surface area contributed by atoms with Crippen LogP contribution in [0.5, 0.6) is 0 Å². The van der Waals surface area contributed by atoms with Gasteiger partial charge >= 0.3 is 6.18 Å². The third-order valence-electron chi connectivity index (χ3n) is 4.25. The standard InChI is InChI=1S/C20H17F5N2O/c1-11-5-16(15-3-2-4-17(19(15)27-11)20(23,24)25)18(28)10-26-9-12-6-13(21)8-14(22)7-12/h2-8,18,26,28H,9-10H2,1H3. The van der Waals surface area contributed by atoms with E-state index in [2.05, 4.69) is 10.3 Å². The molecule has 0 fully saturated rings. The van der Waals surface area contributed by atoms with E-state index in [1.54, 1.807) is 6.92 Å². The lowest BCUT2D eigenvalue weighted by Gasteiger charge is -2.17. The maximum absolute atomic E-state index is 13.3. The molecule has 0 saturated heterocycles. The van der Waals surface area contributed by atoms with Gasteiger partial charge < -0.3 is 10.4 Å². The number of aryl methyl sites for hydroxylation is 1. The zero-order valence-electron chi connectivity index (χ0n) is 14.8. The van der Waals surface area contributed by atoms with Crippen molar-refractivity contribution in [3.8, 4) is 0 Å². The van der Waals surface area contributed by atoms with Gasteiger partial charge in [-0.3, -0.25) is 4.98 Å². The molecule has 0 aliphatic carbocycles. The molecule has 1 heterocycles. The van der Waals surface area contributed by atoms with Crippen molar-refractivity contribution in [3.63, 3.8) is 0 Å². The summed E-state index contributed by atoms with van der Waals surface area (Å²) < 4.78 is 66.2. The smallest absolute Gasteiger partial charge is 0.387 e. The predicted molar refractivity (Wildman–Crippen MR) is 94.5 cm³/mol. The minimum absolute atomic E-state index is 0.0209. The number of halogens is 5. The van der Waals surface area contributed by atoms with E-state index in [9.17, 15) is 27.1 Å². The SMILES string of the molecule is Cc1cc(C(O)CNCc2cc(F)cc(F)c2)c2cccc(C(F)(F)F)c2n1. The second-order valence-electron chi connectivity index (χ2n) is 6.48. The molecule has 148 valence electrons. The number of alkyl halides is 3. The fourth-order valence-corrected chi connectivity index (χ4v) is 3.09. The van der Waals surface area contributed by atoms with E-state index in [0.717, 1.165) is 24.3 Å². The average molecular weight is 396 g/mol. The minimum atomic E-state index is -4.57. The van der Waals surface area contributed by atoms with Crippen LogP contribution in [0.3, 0.4) is 0 Å². The molecule has 0 spiro atoms. The van der Waals surface area contributed by atoms with E-state index < -0.39 is 29.5 Å². The lowest BCUT2D eigenvalue weighted by molar-refractivity contribution is -0.136. The van der Waals surface area contributed by atoms with E-state index in [0.29, 0.717) is 16.8 Å². The number of benzene rings is 2. The highest BCUT2D eigenvalue weighted by Crippen LogP contribution is 2.36. The normalized spacial score (nSPS) is 13.1. The number of nitrogens with one attached hydrogen (secondary N) is 1. The number of aliphatic hydroxyl groups excluding tert-OH is 1. The molecule has 0 aliphatic heterocycles. The summed E-state index contributed by atoms with van der Waals surface area (Å²) in [6.07, 6.45) is -5.70. The molecular weight excluding hydrogens is 379 g/mol. The quantitative estimate of drug-likeness (QED) is 0.617. The van der Waals surface area contributed by atoms with Crippen molar-refractivity contribution >= 4 is 10.9 Å². The third-order valence-corrected chi connectivity index (χ3v) is 4.25. The number of pyridine rings is 1. The van der Waals surface area contributed by atoms with Crippen LogP contribution >= 0.6 is 0 Å². The van der Waals surface area contributed by atoms with Crippen molar-refractivity contribution in [2.75, 3.05) is 6.54 Å².